The molecule has 33 heavy (non-hydrogen) atoms. The van der Waals surface area contributed by atoms with Crippen LogP contribution in [0, 0.1) is 0 Å². The Bertz CT molecular complexity index is 1240. The van der Waals surface area contributed by atoms with E-state index >= 15 is 0 Å². The molecule has 1 aliphatic rings. The number of hydrogen-bond donors (Lipinski definition) is 2. The van der Waals surface area contributed by atoms with E-state index in [1.807, 2.05) is 0 Å². The van der Waals surface area contributed by atoms with Gasteiger partial charge in [-0.2, -0.15) is 23.3 Å². The fourth-order valence-corrected chi connectivity index (χ4v) is 3.77. The van der Waals surface area contributed by atoms with Gasteiger partial charge in [0, 0.05) is 11.8 Å². The van der Waals surface area contributed by atoms with Gasteiger partial charge in [0.1, 0.15) is 23.9 Å². The highest BCUT2D eigenvalue weighted by Gasteiger charge is 2.40. The van der Waals surface area contributed by atoms with Gasteiger partial charge < -0.3 is 20.1 Å². The standard InChI is InChI=1S/C22H20F3N5O3/c1-12-18(20(31)29-16-10-13(32-2)8-9-17(16)33-3)19(30-21(28-12)26-11-27-30)14-6-4-5-7-15(14)22(23,24)25/h4-11,19H,1-3H3,(H,29,31)(H,26,27,28)/t19-/m1/s1. The average Bonchev–Trinajstić information content (AvgIpc) is 3.25. The number of amides is 1. The van der Waals surface area contributed by atoms with E-state index in [1.165, 1.54) is 43.4 Å². The van der Waals surface area contributed by atoms with Gasteiger partial charge in [0.2, 0.25) is 5.95 Å². The summed E-state index contributed by atoms with van der Waals surface area (Å²) in [6.07, 6.45) is -3.42. The smallest absolute Gasteiger partial charge is 0.416 e. The van der Waals surface area contributed by atoms with Crippen molar-refractivity contribution in [2.24, 2.45) is 0 Å². The van der Waals surface area contributed by atoms with E-state index < -0.39 is 23.7 Å². The molecule has 1 aliphatic heterocycles. The fraction of sp³-hybridized carbons (Fsp3) is 0.227. The first kappa shape index (κ1) is 22.2. The zero-order chi connectivity index (χ0) is 23.8. The molecule has 172 valence electrons. The van der Waals surface area contributed by atoms with Crippen molar-refractivity contribution in [3.05, 3.63) is 71.2 Å². The van der Waals surface area contributed by atoms with Crippen LogP contribution >= 0.6 is 0 Å². The summed E-state index contributed by atoms with van der Waals surface area (Å²) in [7, 11) is 2.91. The number of benzene rings is 2. The highest BCUT2D eigenvalue weighted by molar-refractivity contribution is 6.06. The topological polar surface area (TPSA) is 90.3 Å². The minimum absolute atomic E-state index is 0.0505. The molecule has 1 atom stereocenters. The normalized spacial score (nSPS) is 15.5. The summed E-state index contributed by atoms with van der Waals surface area (Å²) in [6, 6.07) is 8.75. The maximum atomic E-state index is 13.9. The first-order chi connectivity index (χ1) is 15.7. The van der Waals surface area contributed by atoms with Crippen LogP contribution in [0.25, 0.3) is 0 Å². The average molecular weight is 459 g/mol. The van der Waals surface area contributed by atoms with Gasteiger partial charge in [0.25, 0.3) is 5.91 Å². The van der Waals surface area contributed by atoms with Crippen molar-refractivity contribution < 1.29 is 27.4 Å². The number of nitrogens with zero attached hydrogens (tertiary/aromatic N) is 3. The molecule has 0 aliphatic carbocycles. The maximum absolute atomic E-state index is 13.9. The number of allylic oxidation sites excluding steroid dienone is 1. The van der Waals surface area contributed by atoms with Crippen molar-refractivity contribution in [3.8, 4) is 11.5 Å². The van der Waals surface area contributed by atoms with Gasteiger partial charge >= 0.3 is 6.18 Å². The van der Waals surface area contributed by atoms with Crippen LogP contribution in [0.5, 0.6) is 11.5 Å². The Hall–Kier alpha value is -4.02. The quantitative estimate of drug-likeness (QED) is 0.593. The van der Waals surface area contributed by atoms with Gasteiger partial charge in [-0.05, 0) is 30.7 Å². The van der Waals surface area contributed by atoms with E-state index in [0.717, 1.165) is 6.07 Å². The number of aromatic nitrogens is 3. The molecule has 0 saturated heterocycles. The Kier molecular flexibility index (Phi) is 5.71. The van der Waals surface area contributed by atoms with Crippen LogP contribution in [-0.2, 0) is 11.0 Å². The van der Waals surface area contributed by atoms with Gasteiger partial charge in [-0.3, -0.25) is 4.79 Å². The lowest BCUT2D eigenvalue weighted by molar-refractivity contribution is -0.138. The molecule has 2 N–H and O–H groups in total. The molecule has 2 heterocycles. The van der Waals surface area contributed by atoms with Crippen LogP contribution in [0.3, 0.4) is 0 Å². The van der Waals surface area contributed by atoms with E-state index in [2.05, 4.69) is 20.7 Å². The maximum Gasteiger partial charge on any atom is 0.416 e. The number of alkyl halides is 3. The first-order valence-corrected chi connectivity index (χ1v) is 9.81. The Morgan fingerprint density at radius 2 is 1.91 bits per heavy atom. The third kappa shape index (κ3) is 4.09. The predicted molar refractivity (Wildman–Crippen MR) is 114 cm³/mol. The lowest BCUT2D eigenvalue weighted by atomic mass is 9.91. The highest BCUT2D eigenvalue weighted by Crippen LogP contribution is 2.42. The first-order valence-electron chi connectivity index (χ1n) is 9.81. The predicted octanol–water partition coefficient (Wildman–Crippen LogP) is 4.24. The minimum Gasteiger partial charge on any atom is -0.497 e. The lowest BCUT2D eigenvalue weighted by Crippen LogP contribution is -2.32. The Morgan fingerprint density at radius 3 is 2.61 bits per heavy atom. The molecule has 4 rings (SSSR count). The highest BCUT2D eigenvalue weighted by atomic mass is 19.4. The summed E-state index contributed by atoms with van der Waals surface area (Å²) in [6.45, 7) is 1.60. The summed E-state index contributed by atoms with van der Waals surface area (Å²) < 4.78 is 53.3. The molecule has 1 amide bonds. The summed E-state index contributed by atoms with van der Waals surface area (Å²) in [5, 5.41) is 9.76. The van der Waals surface area contributed by atoms with Gasteiger partial charge in [0.05, 0.1) is 31.0 Å². The number of fused-ring (bicyclic) bond motifs is 1. The third-order valence-electron chi connectivity index (χ3n) is 5.25. The number of halogens is 3. The number of anilines is 2. The van der Waals surface area contributed by atoms with Crippen LogP contribution in [0.2, 0.25) is 0 Å². The van der Waals surface area contributed by atoms with Crippen molar-refractivity contribution in [2.45, 2.75) is 19.1 Å². The van der Waals surface area contributed by atoms with Gasteiger partial charge in [0.15, 0.2) is 0 Å². The van der Waals surface area contributed by atoms with Gasteiger partial charge in [-0.1, -0.05) is 18.2 Å². The Labute approximate surface area is 187 Å². The van der Waals surface area contributed by atoms with Crippen LogP contribution < -0.4 is 20.1 Å². The SMILES string of the molecule is COc1ccc(OC)c(NC(=O)C2=C(C)Nc3ncnn3[C@@H]2c2ccccc2C(F)(F)F)c1. The molecule has 0 spiro atoms. The summed E-state index contributed by atoms with van der Waals surface area (Å²) in [5.41, 5.74) is -0.295. The van der Waals surface area contributed by atoms with Crippen LogP contribution in [0.15, 0.2) is 60.1 Å². The van der Waals surface area contributed by atoms with E-state index in [1.54, 1.807) is 25.1 Å². The number of ether oxygens (including phenoxy) is 2. The van der Waals surface area contributed by atoms with Crippen molar-refractivity contribution in [1.29, 1.82) is 0 Å². The van der Waals surface area contributed by atoms with Crippen molar-refractivity contribution >= 4 is 17.5 Å². The minimum atomic E-state index is -4.63. The molecular weight excluding hydrogens is 439 g/mol. The molecule has 0 unspecified atom stereocenters. The van der Waals surface area contributed by atoms with Crippen LogP contribution in [0.4, 0.5) is 24.8 Å². The lowest BCUT2D eigenvalue weighted by Gasteiger charge is -2.30. The van der Waals surface area contributed by atoms with Crippen molar-refractivity contribution in [2.75, 3.05) is 24.9 Å². The zero-order valence-electron chi connectivity index (χ0n) is 17.9. The molecule has 0 radical (unpaired) electrons. The van der Waals surface area contributed by atoms with Crippen LogP contribution in [-0.4, -0.2) is 34.9 Å². The summed E-state index contributed by atoms with van der Waals surface area (Å²) >= 11 is 0. The number of carbonyl (C=O) groups excluding carboxylic acids is 1. The second-order valence-corrected chi connectivity index (χ2v) is 7.20. The number of carbonyl (C=O) groups is 1. The molecule has 1 aromatic heterocycles. The molecule has 3 aromatic rings. The van der Waals surface area contributed by atoms with Crippen molar-refractivity contribution in [3.63, 3.8) is 0 Å². The second kappa shape index (κ2) is 8.49. The summed E-state index contributed by atoms with van der Waals surface area (Å²) in [4.78, 5) is 17.5. The molecule has 0 fully saturated rings. The number of methoxy groups -OCH3 is 2. The molecular formula is C22H20F3N5O3. The molecule has 8 nitrogen and oxygen atoms in total. The van der Waals surface area contributed by atoms with E-state index in [0.29, 0.717) is 22.9 Å². The largest absolute Gasteiger partial charge is 0.497 e. The fourth-order valence-electron chi connectivity index (χ4n) is 3.77. The molecule has 2 aromatic carbocycles. The van der Waals surface area contributed by atoms with E-state index in [4.69, 9.17) is 9.47 Å². The third-order valence-corrected chi connectivity index (χ3v) is 5.25. The number of nitrogens with one attached hydrogen (secondary N) is 2. The summed E-state index contributed by atoms with van der Waals surface area (Å²) in [5.74, 6) is 0.427. The van der Waals surface area contributed by atoms with E-state index in [-0.39, 0.29) is 17.1 Å². The molecule has 11 heteroatoms. The van der Waals surface area contributed by atoms with E-state index in [9.17, 15) is 18.0 Å². The Balaban J connectivity index is 1.83. The molecule has 0 saturated carbocycles. The Morgan fingerprint density at radius 1 is 1.15 bits per heavy atom. The van der Waals surface area contributed by atoms with Gasteiger partial charge in [-0.25, -0.2) is 4.68 Å². The van der Waals surface area contributed by atoms with Gasteiger partial charge in [-0.15, -0.1) is 0 Å². The van der Waals surface area contributed by atoms with Crippen LogP contribution in [0.1, 0.15) is 24.1 Å². The zero-order valence-corrected chi connectivity index (χ0v) is 17.9. The second-order valence-electron chi connectivity index (χ2n) is 7.20. The number of hydrogen-bond acceptors (Lipinski definition) is 6. The molecule has 0 bridgehead atoms. The number of rotatable bonds is 5. The van der Waals surface area contributed by atoms with Crippen molar-refractivity contribution in [1.82, 2.24) is 14.8 Å². The monoisotopic (exact) mass is 459 g/mol.